The van der Waals surface area contributed by atoms with Crippen LogP contribution in [0.5, 0.6) is 0 Å². The molecule has 104 valence electrons. The van der Waals surface area contributed by atoms with Crippen molar-refractivity contribution >= 4 is 11.9 Å². The molecule has 3 aliphatic carbocycles. The minimum absolute atomic E-state index is 0.00333. The van der Waals surface area contributed by atoms with Crippen LogP contribution >= 0.6 is 0 Å². The molecule has 0 aromatic carbocycles. The first-order valence-electron chi connectivity index (χ1n) is 7.18. The van der Waals surface area contributed by atoms with Crippen molar-refractivity contribution in [3.8, 4) is 0 Å². The van der Waals surface area contributed by atoms with E-state index in [9.17, 15) is 19.8 Å². The van der Waals surface area contributed by atoms with Crippen molar-refractivity contribution in [2.75, 3.05) is 0 Å². The lowest BCUT2D eigenvalue weighted by molar-refractivity contribution is -0.161. The van der Waals surface area contributed by atoms with Gasteiger partial charge in [0.05, 0.1) is 11.8 Å². The van der Waals surface area contributed by atoms with Gasteiger partial charge in [-0.1, -0.05) is 18.6 Å². The zero-order valence-electron chi connectivity index (χ0n) is 10.9. The molecule has 0 heterocycles. The number of carboxylic acids is 2. The van der Waals surface area contributed by atoms with Crippen molar-refractivity contribution in [2.45, 2.75) is 38.5 Å². The monoisotopic (exact) mass is 264 g/mol. The van der Waals surface area contributed by atoms with Gasteiger partial charge in [-0.2, -0.15) is 0 Å². The lowest BCUT2D eigenvalue weighted by Crippen LogP contribution is -2.44. The summed E-state index contributed by atoms with van der Waals surface area (Å²) < 4.78 is 0. The number of allylic oxidation sites excluding steroid dienone is 2. The summed E-state index contributed by atoms with van der Waals surface area (Å²) in [5.41, 5.74) is -0.0259. The third kappa shape index (κ3) is 1.88. The van der Waals surface area contributed by atoms with Crippen molar-refractivity contribution in [1.82, 2.24) is 0 Å². The maximum absolute atomic E-state index is 11.6. The molecule has 0 aromatic heterocycles. The lowest BCUT2D eigenvalue weighted by atomic mass is 9.60. The van der Waals surface area contributed by atoms with Crippen LogP contribution < -0.4 is 0 Å². The van der Waals surface area contributed by atoms with Crippen molar-refractivity contribution in [3.05, 3.63) is 12.2 Å². The molecule has 5 atom stereocenters. The number of aliphatic carboxylic acids is 2. The van der Waals surface area contributed by atoms with E-state index in [0.717, 1.165) is 32.1 Å². The molecule has 3 rings (SSSR count). The first kappa shape index (κ1) is 12.7. The van der Waals surface area contributed by atoms with E-state index in [-0.39, 0.29) is 11.3 Å². The van der Waals surface area contributed by atoms with E-state index in [1.807, 2.05) is 0 Å². The highest BCUT2D eigenvalue weighted by atomic mass is 16.4. The van der Waals surface area contributed by atoms with Gasteiger partial charge >= 0.3 is 11.9 Å². The highest BCUT2D eigenvalue weighted by Crippen LogP contribution is 2.59. The summed E-state index contributed by atoms with van der Waals surface area (Å²) in [5, 5.41) is 18.8. The fraction of sp³-hybridized carbons (Fsp3) is 0.733. The van der Waals surface area contributed by atoms with E-state index in [0.29, 0.717) is 12.3 Å². The molecule has 4 nitrogen and oxygen atoms in total. The molecule has 0 spiro atoms. The van der Waals surface area contributed by atoms with Gasteiger partial charge in [-0.05, 0) is 49.4 Å². The van der Waals surface area contributed by atoms with Crippen molar-refractivity contribution in [2.24, 2.45) is 29.1 Å². The predicted octanol–water partition coefficient (Wildman–Crippen LogP) is 2.54. The summed E-state index contributed by atoms with van der Waals surface area (Å²) in [6, 6.07) is 0. The van der Waals surface area contributed by atoms with Crippen LogP contribution in [-0.4, -0.2) is 22.2 Å². The first-order valence-corrected chi connectivity index (χ1v) is 7.18. The van der Waals surface area contributed by atoms with Gasteiger partial charge in [0.25, 0.3) is 0 Å². The molecule has 2 fully saturated rings. The molecule has 19 heavy (non-hydrogen) atoms. The van der Waals surface area contributed by atoms with Gasteiger partial charge in [0.15, 0.2) is 0 Å². The summed E-state index contributed by atoms with van der Waals surface area (Å²) in [5.74, 6) is -2.69. The smallest absolute Gasteiger partial charge is 0.307 e. The Balaban J connectivity index is 1.92. The van der Waals surface area contributed by atoms with E-state index >= 15 is 0 Å². The summed E-state index contributed by atoms with van der Waals surface area (Å²) in [6.45, 7) is 0. The van der Waals surface area contributed by atoms with Crippen molar-refractivity contribution in [3.63, 3.8) is 0 Å². The Morgan fingerprint density at radius 1 is 1.11 bits per heavy atom. The number of carboxylic acid groups (broad SMARTS) is 2. The van der Waals surface area contributed by atoms with Gasteiger partial charge in [0.1, 0.15) is 0 Å². The lowest BCUT2D eigenvalue weighted by Gasteiger charge is -2.43. The third-order valence-corrected chi connectivity index (χ3v) is 5.56. The Kier molecular flexibility index (Phi) is 2.91. The molecule has 3 aliphatic rings. The summed E-state index contributed by atoms with van der Waals surface area (Å²) in [7, 11) is 0. The second-order valence-corrected chi connectivity index (χ2v) is 6.44. The molecule has 0 aromatic rings. The molecule has 0 radical (unpaired) electrons. The zero-order valence-corrected chi connectivity index (χ0v) is 10.9. The minimum atomic E-state index is -0.940. The van der Waals surface area contributed by atoms with E-state index in [2.05, 4.69) is 12.2 Å². The van der Waals surface area contributed by atoms with Crippen LogP contribution in [0.15, 0.2) is 12.2 Å². The predicted molar refractivity (Wildman–Crippen MR) is 68.5 cm³/mol. The quantitative estimate of drug-likeness (QED) is 0.768. The standard InChI is InChI=1S/C15H20O4/c16-13(17)10-2-1-3-11(12(10)14(18)19)15-6-4-9(8-15)5-7-15/h4,6,9-12H,1-3,5,7-8H2,(H,16,17)(H,18,19). The van der Waals surface area contributed by atoms with Gasteiger partial charge in [-0.3, -0.25) is 9.59 Å². The topological polar surface area (TPSA) is 74.6 Å². The molecule has 5 unspecified atom stereocenters. The Morgan fingerprint density at radius 2 is 1.89 bits per heavy atom. The summed E-state index contributed by atoms with van der Waals surface area (Å²) in [6.07, 6.45) is 9.83. The van der Waals surface area contributed by atoms with E-state index < -0.39 is 23.8 Å². The van der Waals surface area contributed by atoms with Crippen LogP contribution in [0.1, 0.15) is 38.5 Å². The number of hydrogen-bond donors (Lipinski definition) is 2. The van der Waals surface area contributed by atoms with Crippen LogP contribution in [0, 0.1) is 29.1 Å². The first-order chi connectivity index (χ1) is 9.03. The summed E-state index contributed by atoms with van der Waals surface area (Å²) >= 11 is 0. The fourth-order valence-electron chi connectivity index (χ4n) is 4.71. The van der Waals surface area contributed by atoms with E-state index in [1.165, 1.54) is 0 Å². The molecule has 0 aliphatic heterocycles. The van der Waals surface area contributed by atoms with Crippen LogP contribution in [0.25, 0.3) is 0 Å². The van der Waals surface area contributed by atoms with Crippen LogP contribution in [-0.2, 0) is 9.59 Å². The number of hydrogen-bond acceptors (Lipinski definition) is 2. The van der Waals surface area contributed by atoms with Gasteiger partial charge in [0, 0.05) is 0 Å². The molecule has 2 N–H and O–H groups in total. The maximum Gasteiger partial charge on any atom is 0.307 e. The van der Waals surface area contributed by atoms with Crippen LogP contribution in [0.3, 0.4) is 0 Å². The molecule has 0 saturated heterocycles. The minimum Gasteiger partial charge on any atom is -0.481 e. The van der Waals surface area contributed by atoms with Crippen molar-refractivity contribution < 1.29 is 19.8 Å². The third-order valence-electron chi connectivity index (χ3n) is 5.56. The molecule has 0 amide bonds. The molecule has 4 heteroatoms. The normalized spacial score (nSPS) is 44.4. The van der Waals surface area contributed by atoms with Gasteiger partial charge in [0.2, 0.25) is 0 Å². The van der Waals surface area contributed by atoms with Crippen molar-refractivity contribution in [1.29, 1.82) is 0 Å². The maximum atomic E-state index is 11.6. The molecule has 2 bridgehead atoms. The number of carbonyl (C=O) groups is 2. The highest BCUT2D eigenvalue weighted by molar-refractivity contribution is 5.80. The highest BCUT2D eigenvalue weighted by Gasteiger charge is 2.54. The molecular weight excluding hydrogens is 244 g/mol. The Morgan fingerprint density at radius 3 is 2.37 bits per heavy atom. The van der Waals surface area contributed by atoms with Gasteiger partial charge in [-0.15, -0.1) is 0 Å². The van der Waals surface area contributed by atoms with E-state index in [1.54, 1.807) is 0 Å². The molecular formula is C15H20O4. The number of fused-ring (bicyclic) bond motifs is 2. The Bertz CT molecular complexity index is 441. The van der Waals surface area contributed by atoms with E-state index in [4.69, 9.17) is 0 Å². The SMILES string of the molecule is O=C(O)C1CCCC(C23C=CC(CC2)C3)C1C(=O)O. The largest absolute Gasteiger partial charge is 0.481 e. The second kappa shape index (κ2) is 4.36. The Hall–Kier alpha value is -1.32. The average Bonchev–Trinajstić information content (AvgIpc) is 2.99. The molecule has 2 saturated carbocycles. The number of rotatable bonds is 3. The van der Waals surface area contributed by atoms with Crippen LogP contribution in [0.2, 0.25) is 0 Å². The van der Waals surface area contributed by atoms with Gasteiger partial charge < -0.3 is 10.2 Å². The van der Waals surface area contributed by atoms with Gasteiger partial charge in [-0.25, -0.2) is 0 Å². The summed E-state index contributed by atoms with van der Waals surface area (Å²) in [4.78, 5) is 23.0. The zero-order chi connectivity index (χ0) is 13.6. The average molecular weight is 264 g/mol. The Labute approximate surface area is 112 Å². The van der Waals surface area contributed by atoms with Crippen LogP contribution in [0.4, 0.5) is 0 Å². The fourth-order valence-corrected chi connectivity index (χ4v) is 4.71. The second-order valence-electron chi connectivity index (χ2n) is 6.44.